The smallest absolute Gasteiger partial charge is 0.339 e. The molecule has 0 bridgehead atoms. The number of amides is 1. The number of hydrogen-bond acceptors (Lipinski definition) is 7. The highest BCUT2D eigenvalue weighted by atomic mass is 35.5. The second-order valence-electron chi connectivity index (χ2n) is 7.02. The van der Waals surface area contributed by atoms with Crippen molar-refractivity contribution in [3.8, 4) is 0 Å². The number of nitrogen functional groups attached to an aromatic ring is 1. The number of rotatable bonds is 8. The molecule has 0 aliphatic rings. The van der Waals surface area contributed by atoms with Gasteiger partial charge in [0.2, 0.25) is 9.84 Å². The van der Waals surface area contributed by atoms with Crippen molar-refractivity contribution in [2.45, 2.75) is 38.9 Å². The molecule has 0 spiro atoms. The van der Waals surface area contributed by atoms with E-state index in [1.807, 2.05) is 6.92 Å². The molecule has 12 heteroatoms. The number of nitrogens with two attached hydrogens (primary N) is 1. The van der Waals surface area contributed by atoms with Crippen LogP contribution in [-0.4, -0.2) is 57.8 Å². The van der Waals surface area contributed by atoms with Gasteiger partial charge < -0.3 is 10.6 Å². The first-order chi connectivity index (χ1) is 15.0. The number of carbonyl (C=O) groups excluding carboxylic acids is 1. The van der Waals surface area contributed by atoms with E-state index in [4.69, 9.17) is 17.3 Å². The van der Waals surface area contributed by atoms with Crippen LogP contribution in [0, 0.1) is 0 Å². The molecule has 0 aliphatic carbocycles. The zero-order valence-corrected chi connectivity index (χ0v) is 20.1. The number of sulfone groups is 1. The maximum absolute atomic E-state index is 13.3. The standard InChI is InChI=1S/C20H27ClN6O4S/c1-6-11-25(5)19(28)27-15-16(22)23-18(32(30,31)8-3)24-17(15)26(20(27)29)12-14(7-2)10-9-13(4)21/h7,9-10H,4,6,8,11-12H2,1-3,5H3,(H2,22,23,24)/b10-9-,14-7+. The first-order valence-corrected chi connectivity index (χ1v) is 12.0. The van der Waals surface area contributed by atoms with E-state index in [0.29, 0.717) is 23.6 Å². The van der Waals surface area contributed by atoms with Crippen LogP contribution in [0.15, 0.2) is 45.4 Å². The molecular formula is C20H27ClN6O4S. The summed E-state index contributed by atoms with van der Waals surface area (Å²) in [6.07, 6.45) is 5.63. The first-order valence-electron chi connectivity index (χ1n) is 9.93. The number of allylic oxidation sites excluding steroid dienone is 5. The lowest BCUT2D eigenvalue weighted by Gasteiger charge is -2.16. The fourth-order valence-corrected chi connectivity index (χ4v) is 3.74. The van der Waals surface area contributed by atoms with E-state index in [1.165, 1.54) is 16.4 Å². The van der Waals surface area contributed by atoms with E-state index >= 15 is 0 Å². The minimum Gasteiger partial charge on any atom is -0.382 e. The average molecular weight is 483 g/mol. The van der Waals surface area contributed by atoms with Crippen molar-refractivity contribution in [2.75, 3.05) is 25.1 Å². The quantitative estimate of drug-likeness (QED) is 0.451. The van der Waals surface area contributed by atoms with E-state index in [0.717, 1.165) is 4.57 Å². The normalized spacial score (nSPS) is 12.6. The molecule has 10 nitrogen and oxygen atoms in total. The number of fused-ring (bicyclic) bond motifs is 1. The molecule has 2 aromatic heterocycles. The molecule has 1 amide bonds. The van der Waals surface area contributed by atoms with Crippen LogP contribution in [-0.2, 0) is 16.4 Å². The largest absolute Gasteiger partial charge is 0.382 e. The topological polar surface area (TPSA) is 133 Å². The van der Waals surface area contributed by atoms with Crippen LogP contribution in [0.25, 0.3) is 11.2 Å². The van der Waals surface area contributed by atoms with E-state index in [-0.39, 0.29) is 29.3 Å². The minimum atomic E-state index is -3.81. The Morgan fingerprint density at radius 3 is 2.47 bits per heavy atom. The van der Waals surface area contributed by atoms with Crippen molar-refractivity contribution in [3.05, 3.63) is 45.9 Å². The van der Waals surface area contributed by atoms with Crippen molar-refractivity contribution in [2.24, 2.45) is 0 Å². The maximum Gasteiger partial charge on any atom is 0.339 e. The van der Waals surface area contributed by atoms with Gasteiger partial charge in [-0.25, -0.2) is 22.6 Å². The van der Waals surface area contributed by atoms with Gasteiger partial charge in [-0.3, -0.25) is 4.57 Å². The number of anilines is 1. The summed E-state index contributed by atoms with van der Waals surface area (Å²) in [4.78, 5) is 35.7. The molecule has 0 saturated carbocycles. The van der Waals surface area contributed by atoms with Crippen molar-refractivity contribution in [1.29, 1.82) is 0 Å². The molecule has 0 aliphatic heterocycles. The molecule has 0 fully saturated rings. The molecule has 0 aromatic carbocycles. The number of hydrogen-bond donors (Lipinski definition) is 1. The number of nitrogens with zero attached hydrogens (tertiary/aromatic N) is 5. The van der Waals surface area contributed by atoms with Gasteiger partial charge in [0.05, 0.1) is 12.3 Å². The van der Waals surface area contributed by atoms with Gasteiger partial charge in [-0.1, -0.05) is 44.2 Å². The van der Waals surface area contributed by atoms with Crippen molar-refractivity contribution >= 4 is 44.5 Å². The maximum atomic E-state index is 13.3. The predicted octanol–water partition coefficient (Wildman–Crippen LogP) is 2.53. The summed E-state index contributed by atoms with van der Waals surface area (Å²) in [5.74, 6) is -0.523. The van der Waals surface area contributed by atoms with Crippen LogP contribution in [0.3, 0.4) is 0 Å². The van der Waals surface area contributed by atoms with Gasteiger partial charge in [-0.15, -0.1) is 0 Å². The monoisotopic (exact) mass is 482 g/mol. The number of imidazole rings is 1. The first kappa shape index (κ1) is 25.3. The molecule has 0 saturated heterocycles. The number of carbonyl (C=O) groups is 1. The summed E-state index contributed by atoms with van der Waals surface area (Å²) in [7, 11) is -2.26. The molecule has 2 N–H and O–H groups in total. The van der Waals surface area contributed by atoms with Gasteiger partial charge in [0, 0.05) is 18.6 Å². The number of aromatic nitrogens is 4. The van der Waals surface area contributed by atoms with Gasteiger partial charge in [0.25, 0.3) is 5.16 Å². The Balaban J connectivity index is 2.87. The molecule has 0 atom stereocenters. The summed E-state index contributed by atoms with van der Waals surface area (Å²) >= 11 is 5.79. The fourth-order valence-electron chi connectivity index (χ4n) is 2.96. The predicted molar refractivity (Wildman–Crippen MR) is 126 cm³/mol. The third kappa shape index (κ3) is 5.10. The summed E-state index contributed by atoms with van der Waals surface area (Å²) in [6.45, 7) is 9.08. The molecule has 174 valence electrons. The molecule has 0 unspecified atom stereocenters. The SMILES string of the molecule is C=C(Cl)/C=C\C(=C/C)Cn1c(=O)n(C(=O)N(C)CCC)c2c(N)nc(S(=O)(=O)CC)nc21. The van der Waals surface area contributed by atoms with Gasteiger partial charge in [-0.05, 0) is 25.0 Å². The Hall–Kier alpha value is -2.92. The van der Waals surface area contributed by atoms with Gasteiger partial charge in [-0.2, -0.15) is 9.97 Å². The molecule has 2 aromatic rings. The Labute approximate surface area is 191 Å². The van der Waals surface area contributed by atoms with Crippen LogP contribution >= 0.6 is 11.6 Å². The highest BCUT2D eigenvalue weighted by Gasteiger charge is 2.27. The van der Waals surface area contributed by atoms with Crippen LogP contribution in [0.5, 0.6) is 0 Å². The summed E-state index contributed by atoms with van der Waals surface area (Å²) in [6, 6.07) is -0.617. The lowest BCUT2D eigenvalue weighted by atomic mass is 10.2. The lowest BCUT2D eigenvalue weighted by Crippen LogP contribution is -2.38. The second kappa shape index (κ2) is 10.1. The summed E-state index contributed by atoms with van der Waals surface area (Å²) in [5.41, 5.74) is 5.90. The van der Waals surface area contributed by atoms with E-state index < -0.39 is 26.7 Å². The van der Waals surface area contributed by atoms with Gasteiger partial charge in [0.15, 0.2) is 11.5 Å². The Morgan fingerprint density at radius 1 is 1.28 bits per heavy atom. The van der Waals surface area contributed by atoms with Crippen molar-refractivity contribution in [1.82, 2.24) is 24.0 Å². The molecule has 0 radical (unpaired) electrons. The van der Waals surface area contributed by atoms with Gasteiger partial charge in [0.1, 0.15) is 5.52 Å². The molecule has 32 heavy (non-hydrogen) atoms. The van der Waals surface area contributed by atoms with E-state index in [9.17, 15) is 18.0 Å². The Morgan fingerprint density at radius 2 is 1.94 bits per heavy atom. The van der Waals surface area contributed by atoms with Gasteiger partial charge >= 0.3 is 11.7 Å². The average Bonchev–Trinajstić information content (AvgIpc) is 3.02. The highest BCUT2D eigenvalue weighted by Crippen LogP contribution is 2.21. The van der Waals surface area contributed by atoms with E-state index in [2.05, 4.69) is 16.5 Å². The minimum absolute atomic E-state index is 0.00760. The molecular weight excluding hydrogens is 456 g/mol. The van der Waals surface area contributed by atoms with Crippen LogP contribution < -0.4 is 11.4 Å². The van der Waals surface area contributed by atoms with Crippen LogP contribution in [0.2, 0.25) is 0 Å². The third-order valence-electron chi connectivity index (χ3n) is 4.70. The summed E-state index contributed by atoms with van der Waals surface area (Å²) in [5, 5.41) is -0.213. The highest BCUT2D eigenvalue weighted by molar-refractivity contribution is 7.91. The zero-order chi connectivity index (χ0) is 24.2. The van der Waals surface area contributed by atoms with Crippen LogP contribution in [0.4, 0.5) is 10.6 Å². The Kier molecular flexibility index (Phi) is 8.02. The van der Waals surface area contributed by atoms with Crippen molar-refractivity contribution < 1.29 is 13.2 Å². The molecule has 2 rings (SSSR count). The van der Waals surface area contributed by atoms with Crippen molar-refractivity contribution in [3.63, 3.8) is 0 Å². The Bertz CT molecular complexity index is 1270. The second-order valence-corrected chi connectivity index (χ2v) is 9.68. The fraction of sp³-hybridized carbons (Fsp3) is 0.400. The molecule has 2 heterocycles. The van der Waals surface area contributed by atoms with E-state index in [1.54, 1.807) is 32.2 Å². The zero-order valence-electron chi connectivity index (χ0n) is 18.5. The summed E-state index contributed by atoms with van der Waals surface area (Å²) < 4.78 is 26.8. The number of halogens is 1. The third-order valence-corrected chi connectivity index (χ3v) is 6.32. The lowest BCUT2D eigenvalue weighted by molar-refractivity contribution is 0.210. The van der Waals surface area contributed by atoms with Crippen LogP contribution in [0.1, 0.15) is 27.2 Å².